The first-order valence-corrected chi connectivity index (χ1v) is 8.41. The first-order valence-electron chi connectivity index (χ1n) is 8.41. The van der Waals surface area contributed by atoms with Crippen LogP contribution in [0, 0.1) is 6.92 Å². The van der Waals surface area contributed by atoms with Gasteiger partial charge >= 0.3 is 0 Å². The Morgan fingerprint density at radius 2 is 1.64 bits per heavy atom. The van der Waals surface area contributed by atoms with Gasteiger partial charge in [0.25, 0.3) is 5.91 Å². The molecular weight excluding hydrogens is 312 g/mol. The van der Waals surface area contributed by atoms with Crippen LogP contribution in [0.25, 0.3) is 5.69 Å². The van der Waals surface area contributed by atoms with E-state index in [-0.39, 0.29) is 5.91 Å². The number of benzene rings is 2. The molecule has 128 valence electrons. The summed E-state index contributed by atoms with van der Waals surface area (Å²) in [5.41, 5.74) is 4.24. The van der Waals surface area contributed by atoms with Crippen molar-refractivity contribution in [3.8, 4) is 5.69 Å². The number of para-hydroxylation sites is 1. The van der Waals surface area contributed by atoms with Gasteiger partial charge in [-0.25, -0.2) is 0 Å². The third-order valence-electron chi connectivity index (χ3n) is 4.17. The van der Waals surface area contributed by atoms with E-state index >= 15 is 0 Å². The number of hydrogen-bond donors (Lipinski definition) is 0. The molecule has 3 rings (SSSR count). The van der Waals surface area contributed by atoms with Crippen LogP contribution >= 0.6 is 0 Å². The number of aromatic nitrogens is 3. The van der Waals surface area contributed by atoms with Gasteiger partial charge in [-0.15, -0.1) is 5.10 Å². The maximum absolute atomic E-state index is 12.7. The second-order valence-corrected chi connectivity index (χ2v) is 6.09. The SMILES string of the molecule is CCc1ccc(CN(C)C(=O)c2nn(-c3ccccc3)nc2C)cc1. The molecule has 3 aromatic rings. The predicted molar refractivity (Wildman–Crippen MR) is 97.7 cm³/mol. The lowest BCUT2D eigenvalue weighted by atomic mass is 10.1. The maximum atomic E-state index is 12.7. The van der Waals surface area contributed by atoms with Crippen molar-refractivity contribution in [2.24, 2.45) is 0 Å². The highest BCUT2D eigenvalue weighted by molar-refractivity contribution is 5.93. The van der Waals surface area contributed by atoms with E-state index in [1.54, 1.807) is 11.9 Å². The average Bonchev–Trinajstić information content (AvgIpc) is 3.04. The Balaban J connectivity index is 1.76. The molecule has 0 radical (unpaired) electrons. The molecule has 0 aliphatic heterocycles. The lowest BCUT2D eigenvalue weighted by Gasteiger charge is -2.16. The van der Waals surface area contributed by atoms with Crippen LogP contribution in [0.1, 0.15) is 34.2 Å². The van der Waals surface area contributed by atoms with Crippen LogP contribution in [0.3, 0.4) is 0 Å². The molecule has 1 heterocycles. The summed E-state index contributed by atoms with van der Waals surface area (Å²) in [6.45, 7) is 4.48. The minimum Gasteiger partial charge on any atom is -0.336 e. The van der Waals surface area contributed by atoms with Crippen LogP contribution in [0.15, 0.2) is 54.6 Å². The fourth-order valence-corrected chi connectivity index (χ4v) is 2.66. The van der Waals surface area contributed by atoms with Crippen molar-refractivity contribution < 1.29 is 4.79 Å². The highest BCUT2D eigenvalue weighted by atomic mass is 16.2. The zero-order chi connectivity index (χ0) is 17.8. The summed E-state index contributed by atoms with van der Waals surface area (Å²) in [5, 5.41) is 8.76. The molecular formula is C20H22N4O. The van der Waals surface area contributed by atoms with Gasteiger partial charge < -0.3 is 4.90 Å². The van der Waals surface area contributed by atoms with Crippen molar-refractivity contribution in [1.82, 2.24) is 19.9 Å². The fraction of sp³-hybridized carbons (Fsp3) is 0.250. The molecule has 0 saturated carbocycles. The van der Waals surface area contributed by atoms with Gasteiger partial charge in [-0.3, -0.25) is 4.79 Å². The zero-order valence-electron chi connectivity index (χ0n) is 14.8. The summed E-state index contributed by atoms with van der Waals surface area (Å²) >= 11 is 0. The third-order valence-corrected chi connectivity index (χ3v) is 4.17. The van der Waals surface area contributed by atoms with E-state index in [9.17, 15) is 4.79 Å². The number of hydrogen-bond acceptors (Lipinski definition) is 3. The van der Waals surface area contributed by atoms with E-state index in [1.807, 2.05) is 37.3 Å². The fourth-order valence-electron chi connectivity index (χ4n) is 2.66. The van der Waals surface area contributed by atoms with Crippen LogP contribution in [0.4, 0.5) is 0 Å². The van der Waals surface area contributed by atoms with Gasteiger partial charge in [-0.05, 0) is 36.6 Å². The summed E-state index contributed by atoms with van der Waals surface area (Å²) in [5.74, 6) is -0.126. The highest BCUT2D eigenvalue weighted by Crippen LogP contribution is 2.13. The smallest absolute Gasteiger partial charge is 0.276 e. The summed E-state index contributed by atoms with van der Waals surface area (Å²) in [4.78, 5) is 15.9. The average molecular weight is 334 g/mol. The zero-order valence-corrected chi connectivity index (χ0v) is 14.8. The molecule has 2 aromatic carbocycles. The molecule has 0 fully saturated rings. The number of carbonyl (C=O) groups excluding carboxylic acids is 1. The molecule has 0 saturated heterocycles. The Hall–Kier alpha value is -2.95. The third kappa shape index (κ3) is 3.76. The Bertz CT molecular complexity index is 853. The number of aryl methyl sites for hydroxylation is 2. The van der Waals surface area contributed by atoms with E-state index < -0.39 is 0 Å². The minimum atomic E-state index is -0.126. The Morgan fingerprint density at radius 1 is 1.00 bits per heavy atom. The molecule has 5 heteroatoms. The molecule has 0 unspecified atom stereocenters. The topological polar surface area (TPSA) is 51.0 Å². The summed E-state index contributed by atoms with van der Waals surface area (Å²) < 4.78 is 0. The van der Waals surface area contributed by atoms with Gasteiger partial charge in [0.2, 0.25) is 0 Å². The largest absolute Gasteiger partial charge is 0.336 e. The van der Waals surface area contributed by atoms with Gasteiger partial charge in [-0.2, -0.15) is 9.90 Å². The highest BCUT2D eigenvalue weighted by Gasteiger charge is 2.20. The van der Waals surface area contributed by atoms with E-state index in [2.05, 4.69) is 41.4 Å². The molecule has 0 atom stereocenters. The first-order chi connectivity index (χ1) is 12.1. The van der Waals surface area contributed by atoms with Crippen LogP contribution in [0.2, 0.25) is 0 Å². The van der Waals surface area contributed by atoms with Crippen molar-refractivity contribution in [3.05, 3.63) is 77.1 Å². The van der Waals surface area contributed by atoms with Crippen molar-refractivity contribution in [1.29, 1.82) is 0 Å². The monoisotopic (exact) mass is 334 g/mol. The molecule has 0 aliphatic carbocycles. The van der Waals surface area contributed by atoms with E-state index in [1.165, 1.54) is 10.4 Å². The molecule has 1 aromatic heterocycles. The van der Waals surface area contributed by atoms with Crippen LogP contribution in [-0.4, -0.2) is 32.8 Å². The summed E-state index contributed by atoms with van der Waals surface area (Å²) in [6, 6.07) is 17.9. The Morgan fingerprint density at radius 3 is 2.28 bits per heavy atom. The summed E-state index contributed by atoms with van der Waals surface area (Å²) in [7, 11) is 1.79. The van der Waals surface area contributed by atoms with Gasteiger partial charge in [0.1, 0.15) is 0 Å². The molecule has 25 heavy (non-hydrogen) atoms. The van der Waals surface area contributed by atoms with E-state index in [0.717, 1.165) is 17.7 Å². The minimum absolute atomic E-state index is 0.126. The second kappa shape index (κ2) is 7.30. The van der Waals surface area contributed by atoms with Crippen LogP contribution < -0.4 is 0 Å². The molecule has 0 spiro atoms. The molecule has 0 bridgehead atoms. The summed E-state index contributed by atoms with van der Waals surface area (Å²) in [6.07, 6.45) is 1.01. The van der Waals surface area contributed by atoms with Crippen LogP contribution in [-0.2, 0) is 13.0 Å². The predicted octanol–water partition coefficient (Wildman–Crippen LogP) is 3.41. The number of nitrogens with zero attached hydrogens (tertiary/aromatic N) is 4. The standard InChI is InChI=1S/C20H22N4O/c1-4-16-10-12-17(13-11-16)14-23(3)20(25)19-15(2)21-24(22-19)18-8-6-5-7-9-18/h5-13H,4,14H2,1-3H3. The van der Waals surface area contributed by atoms with Crippen molar-refractivity contribution in [3.63, 3.8) is 0 Å². The van der Waals surface area contributed by atoms with Crippen molar-refractivity contribution >= 4 is 5.91 Å². The molecule has 1 amide bonds. The normalized spacial score (nSPS) is 10.7. The number of rotatable bonds is 5. The van der Waals surface area contributed by atoms with Gasteiger partial charge in [0.05, 0.1) is 11.4 Å². The van der Waals surface area contributed by atoms with E-state index in [0.29, 0.717) is 17.9 Å². The number of amides is 1. The lowest BCUT2D eigenvalue weighted by molar-refractivity contribution is 0.0778. The van der Waals surface area contributed by atoms with Crippen molar-refractivity contribution in [2.75, 3.05) is 7.05 Å². The molecule has 0 aliphatic rings. The van der Waals surface area contributed by atoms with Gasteiger partial charge in [0.15, 0.2) is 5.69 Å². The van der Waals surface area contributed by atoms with E-state index in [4.69, 9.17) is 0 Å². The van der Waals surface area contributed by atoms with Crippen LogP contribution in [0.5, 0.6) is 0 Å². The maximum Gasteiger partial charge on any atom is 0.276 e. The number of carbonyl (C=O) groups is 1. The van der Waals surface area contributed by atoms with Crippen molar-refractivity contribution in [2.45, 2.75) is 26.8 Å². The quantitative estimate of drug-likeness (QED) is 0.718. The lowest BCUT2D eigenvalue weighted by Crippen LogP contribution is -2.27. The second-order valence-electron chi connectivity index (χ2n) is 6.09. The van der Waals surface area contributed by atoms with Gasteiger partial charge in [-0.1, -0.05) is 49.4 Å². The molecule has 5 nitrogen and oxygen atoms in total. The Labute approximate surface area is 147 Å². The van der Waals surface area contributed by atoms with Gasteiger partial charge in [0, 0.05) is 13.6 Å². The first kappa shape index (κ1) is 16.9. The molecule has 0 N–H and O–H groups in total. The Kier molecular flexibility index (Phi) is 4.93.